The molecule has 0 saturated heterocycles. The first kappa shape index (κ1) is 17.1. The lowest BCUT2D eigenvalue weighted by Gasteiger charge is -2.29. The fourth-order valence-corrected chi connectivity index (χ4v) is 3.18. The highest BCUT2D eigenvalue weighted by atomic mass is 14.3. The van der Waals surface area contributed by atoms with Gasteiger partial charge in [-0.25, -0.2) is 0 Å². The molecule has 0 amide bonds. The SMILES string of the molecule is CCC(C)C1=CCC(C)(Cc2ccc(C(C)CC)cc2)C=C1. The molecule has 1 aromatic rings. The van der Waals surface area contributed by atoms with Crippen LogP contribution < -0.4 is 0 Å². The van der Waals surface area contributed by atoms with Gasteiger partial charge >= 0.3 is 0 Å². The average Bonchev–Trinajstić information content (AvgIpc) is 2.54. The molecule has 0 saturated carbocycles. The number of hydrogen-bond acceptors (Lipinski definition) is 0. The van der Waals surface area contributed by atoms with E-state index in [0.717, 1.165) is 12.8 Å². The van der Waals surface area contributed by atoms with Crippen LogP contribution in [0.1, 0.15) is 70.9 Å². The second kappa shape index (κ2) is 7.31. The van der Waals surface area contributed by atoms with E-state index in [-0.39, 0.29) is 5.41 Å². The monoisotopic (exact) mass is 296 g/mol. The average molecular weight is 296 g/mol. The summed E-state index contributed by atoms with van der Waals surface area (Å²) in [5.74, 6) is 1.36. The van der Waals surface area contributed by atoms with Gasteiger partial charge < -0.3 is 0 Å². The molecule has 0 spiro atoms. The second-order valence-electron chi connectivity index (χ2n) is 7.43. The summed E-state index contributed by atoms with van der Waals surface area (Å²) < 4.78 is 0. The summed E-state index contributed by atoms with van der Waals surface area (Å²) in [6, 6.07) is 9.29. The van der Waals surface area contributed by atoms with Gasteiger partial charge in [-0.2, -0.15) is 0 Å². The topological polar surface area (TPSA) is 0 Å². The van der Waals surface area contributed by atoms with E-state index in [4.69, 9.17) is 0 Å². The quantitative estimate of drug-likeness (QED) is 0.549. The first-order chi connectivity index (χ1) is 10.5. The van der Waals surface area contributed by atoms with Gasteiger partial charge in [-0.05, 0) is 59.6 Å². The largest absolute Gasteiger partial charge is 0.0802 e. The number of allylic oxidation sites excluding steroid dienone is 4. The Labute approximate surface area is 137 Å². The molecule has 1 aliphatic carbocycles. The minimum Gasteiger partial charge on any atom is -0.0802 e. The van der Waals surface area contributed by atoms with E-state index in [1.165, 1.54) is 29.5 Å². The van der Waals surface area contributed by atoms with Crippen LogP contribution >= 0.6 is 0 Å². The third-order valence-electron chi connectivity index (χ3n) is 5.43. The van der Waals surface area contributed by atoms with Crippen LogP contribution in [-0.2, 0) is 6.42 Å². The summed E-state index contributed by atoms with van der Waals surface area (Å²) in [5.41, 5.74) is 4.72. The van der Waals surface area contributed by atoms with Crippen molar-refractivity contribution < 1.29 is 0 Å². The fraction of sp³-hybridized carbons (Fsp3) is 0.545. The van der Waals surface area contributed by atoms with Crippen molar-refractivity contribution in [1.82, 2.24) is 0 Å². The van der Waals surface area contributed by atoms with E-state index >= 15 is 0 Å². The summed E-state index contributed by atoms with van der Waals surface area (Å²) in [4.78, 5) is 0. The zero-order valence-corrected chi connectivity index (χ0v) is 15.0. The minimum absolute atomic E-state index is 0.273. The van der Waals surface area contributed by atoms with E-state index in [1.807, 2.05) is 0 Å². The molecule has 2 rings (SSSR count). The highest BCUT2D eigenvalue weighted by molar-refractivity contribution is 5.31. The van der Waals surface area contributed by atoms with Crippen LogP contribution in [-0.4, -0.2) is 0 Å². The standard InChI is InChI=1S/C22H32/c1-6-17(3)20-10-8-19(9-11-20)16-22(5)14-12-21(13-15-22)18(4)7-2/h8-14,17-18H,6-7,15-16H2,1-5H3. The molecular formula is C22H32. The Bertz CT molecular complexity index is 532. The van der Waals surface area contributed by atoms with Crippen molar-refractivity contribution in [2.24, 2.45) is 11.3 Å². The van der Waals surface area contributed by atoms with Crippen molar-refractivity contribution in [2.75, 3.05) is 0 Å². The molecule has 0 aliphatic heterocycles. The zero-order chi connectivity index (χ0) is 16.2. The number of benzene rings is 1. The first-order valence-electron chi connectivity index (χ1n) is 8.95. The molecule has 0 heterocycles. The van der Waals surface area contributed by atoms with Gasteiger partial charge in [0.25, 0.3) is 0 Å². The van der Waals surface area contributed by atoms with E-state index in [0.29, 0.717) is 11.8 Å². The molecule has 1 aromatic carbocycles. The molecule has 3 unspecified atom stereocenters. The predicted octanol–water partition coefficient (Wildman–Crippen LogP) is 6.68. The molecule has 0 nitrogen and oxygen atoms in total. The highest BCUT2D eigenvalue weighted by Gasteiger charge is 2.24. The Morgan fingerprint density at radius 1 is 1.00 bits per heavy atom. The van der Waals surface area contributed by atoms with Crippen molar-refractivity contribution >= 4 is 0 Å². The maximum Gasteiger partial charge on any atom is -0.00683 e. The van der Waals surface area contributed by atoms with Crippen LogP contribution in [0.5, 0.6) is 0 Å². The predicted molar refractivity (Wildman–Crippen MR) is 98.3 cm³/mol. The minimum atomic E-state index is 0.273. The van der Waals surface area contributed by atoms with Crippen LogP contribution in [0.4, 0.5) is 0 Å². The van der Waals surface area contributed by atoms with Gasteiger partial charge in [-0.1, -0.05) is 77.1 Å². The maximum atomic E-state index is 2.46. The zero-order valence-electron chi connectivity index (χ0n) is 15.0. The normalized spacial score (nSPS) is 24.0. The lowest BCUT2D eigenvalue weighted by atomic mass is 9.75. The van der Waals surface area contributed by atoms with E-state index in [1.54, 1.807) is 0 Å². The van der Waals surface area contributed by atoms with Gasteiger partial charge in [-0.3, -0.25) is 0 Å². The summed E-state index contributed by atoms with van der Waals surface area (Å²) >= 11 is 0. The van der Waals surface area contributed by atoms with Crippen LogP contribution in [0.2, 0.25) is 0 Å². The van der Waals surface area contributed by atoms with Crippen LogP contribution in [0.3, 0.4) is 0 Å². The molecule has 120 valence electrons. The van der Waals surface area contributed by atoms with Gasteiger partial charge in [0, 0.05) is 0 Å². The van der Waals surface area contributed by atoms with Crippen molar-refractivity contribution in [3.8, 4) is 0 Å². The molecule has 0 heteroatoms. The molecule has 1 aliphatic rings. The molecule has 0 N–H and O–H groups in total. The summed E-state index contributed by atoms with van der Waals surface area (Å²) in [7, 11) is 0. The van der Waals surface area contributed by atoms with Gasteiger partial charge in [0.15, 0.2) is 0 Å². The Hall–Kier alpha value is -1.30. The van der Waals surface area contributed by atoms with Gasteiger partial charge in [0.1, 0.15) is 0 Å². The summed E-state index contributed by atoms with van der Waals surface area (Å²) in [6.07, 6.45) is 12.0. The molecule has 0 fully saturated rings. The van der Waals surface area contributed by atoms with Gasteiger partial charge in [-0.15, -0.1) is 0 Å². The van der Waals surface area contributed by atoms with Crippen molar-refractivity contribution in [1.29, 1.82) is 0 Å². The summed E-state index contributed by atoms with van der Waals surface area (Å²) in [6.45, 7) is 11.5. The fourth-order valence-electron chi connectivity index (χ4n) is 3.18. The third kappa shape index (κ3) is 4.12. The Balaban J connectivity index is 2.02. The first-order valence-corrected chi connectivity index (χ1v) is 8.95. The molecule has 0 bridgehead atoms. The number of hydrogen-bond donors (Lipinski definition) is 0. The highest BCUT2D eigenvalue weighted by Crippen LogP contribution is 2.35. The molecule has 0 radical (unpaired) electrons. The van der Waals surface area contributed by atoms with Crippen molar-refractivity contribution in [3.05, 3.63) is 59.2 Å². The van der Waals surface area contributed by atoms with E-state index in [9.17, 15) is 0 Å². The van der Waals surface area contributed by atoms with Gasteiger partial charge in [0.05, 0.1) is 0 Å². The second-order valence-corrected chi connectivity index (χ2v) is 7.43. The summed E-state index contributed by atoms with van der Waals surface area (Å²) in [5, 5.41) is 0. The maximum absolute atomic E-state index is 2.46. The van der Waals surface area contributed by atoms with Crippen molar-refractivity contribution in [2.45, 2.75) is 66.2 Å². The molecule has 22 heavy (non-hydrogen) atoms. The molecule has 3 atom stereocenters. The van der Waals surface area contributed by atoms with E-state index < -0.39 is 0 Å². The Kier molecular flexibility index (Phi) is 5.67. The lowest BCUT2D eigenvalue weighted by molar-refractivity contribution is 0.421. The Morgan fingerprint density at radius 3 is 2.14 bits per heavy atom. The van der Waals surface area contributed by atoms with Crippen molar-refractivity contribution in [3.63, 3.8) is 0 Å². The third-order valence-corrected chi connectivity index (χ3v) is 5.43. The smallest absolute Gasteiger partial charge is 0.00683 e. The molecular weight excluding hydrogens is 264 g/mol. The van der Waals surface area contributed by atoms with Crippen LogP contribution in [0.15, 0.2) is 48.1 Å². The van der Waals surface area contributed by atoms with Crippen LogP contribution in [0.25, 0.3) is 0 Å². The molecule has 0 aromatic heterocycles. The Morgan fingerprint density at radius 2 is 1.64 bits per heavy atom. The lowest BCUT2D eigenvalue weighted by Crippen LogP contribution is -2.19. The van der Waals surface area contributed by atoms with Crippen LogP contribution in [0, 0.1) is 11.3 Å². The van der Waals surface area contributed by atoms with Gasteiger partial charge in [0.2, 0.25) is 0 Å². The number of rotatable bonds is 6. The van der Waals surface area contributed by atoms with E-state index in [2.05, 4.69) is 77.1 Å².